The zero-order chi connectivity index (χ0) is 21.6. The Morgan fingerprint density at radius 1 is 1.17 bits per heavy atom. The van der Waals surface area contributed by atoms with Gasteiger partial charge in [0.15, 0.2) is 5.96 Å². The van der Waals surface area contributed by atoms with Crippen LogP contribution in [0.2, 0.25) is 0 Å². The molecule has 0 spiro atoms. The van der Waals surface area contributed by atoms with Crippen molar-refractivity contribution < 1.29 is 13.2 Å². The van der Waals surface area contributed by atoms with Gasteiger partial charge in [0, 0.05) is 38.8 Å². The Labute approximate surface area is 181 Å². The van der Waals surface area contributed by atoms with Crippen molar-refractivity contribution in [2.75, 3.05) is 32.9 Å². The number of aryl methyl sites for hydroxylation is 1. The number of hydrogen-bond acceptors (Lipinski definition) is 4. The van der Waals surface area contributed by atoms with E-state index in [1.165, 1.54) is 24.7 Å². The lowest BCUT2D eigenvalue weighted by molar-refractivity contribution is 0.207. The van der Waals surface area contributed by atoms with Gasteiger partial charge in [-0.15, -0.1) is 0 Å². The largest absolute Gasteiger partial charge is 0.490 e. The SMILES string of the molecule is CN=C(NCc1ccc(C)cc1OC1CCCC1)NCC1CCN(S(C)(=O)=O)CC1. The molecule has 1 heterocycles. The summed E-state index contributed by atoms with van der Waals surface area (Å²) in [4.78, 5) is 4.34. The Balaban J connectivity index is 1.49. The maximum atomic E-state index is 11.7. The Kier molecular flexibility index (Phi) is 7.99. The normalized spacial score (nSPS) is 19.8. The van der Waals surface area contributed by atoms with Gasteiger partial charge in [0.05, 0.1) is 12.4 Å². The molecule has 0 bridgehead atoms. The molecular weight excluding hydrogens is 400 g/mol. The quantitative estimate of drug-likeness (QED) is 0.507. The topological polar surface area (TPSA) is 83.0 Å². The number of sulfonamides is 1. The number of piperidine rings is 1. The number of guanidine groups is 1. The first kappa shape index (κ1) is 22.9. The van der Waals surface area contributed by atoms with Crippen LogP contribution in [-0.2, 0) is 16.6 Å². The summed E-state index contributed by atoms with van der Waals surface area (Å²) >= 11 is 0. The maximum absolute atomic E-state index is 11.7. The summed E-state index contributed by atoms with van der Waals surface area (Å²) in [5.74, 6) is 2.17. The minimum Gasteiger partial charge on any atom is -0.490 e. The van der Waals surface area contributed by atoms with Crippen molar-refractivity contribution >= 4 is 16.0 Å². The van der Waals surface area contributed by atoms with Crippen molar-refractivity contribution in [3.63, 3.8) is 0 Å². The van der Waals surface area contributed by atoms with E-state index < -0.39 is 10.0 Å². The highest BCUT2D eigenvalue weighted by atomic mass is 32.2. The van der Waals surface area contributed by atoms with Gasteiger partial charge in [-0.2, -0.15) is 0 Å². The number of rotatable bonds is 7. The summed E-state index contributed by atoms with van der Waals surface area (Å²) in [5, 5.41) is 6.79. The lowest BCUT2D eigenvalue weighted by Gasteiger charge is -2.30. The van der Waals surface area contributed by atoms with Crippen LogP contribution in [0.3, 0.4) is 0 Å². The summed E-state index contributed by atoms with van der Waals surface area (Å²) < 4.78 is 31.2. The molecule has 3 rings (SSSR count). The van der Waals surface area contributed by atoms with Gasteiger partial charge in [-0.1, -0.05) is 12.1 Å². The molecule has 1 aromatic carbocycles. The second-order valence-electron chi connectivity index (χ2n) is 8.55. The number of nitrogens with zero attached hydrogens (tertiary/aromatic N) is 2. The van der Waals surface area contributed by atoms with Gasteiger partial charge in [0.2, 0.25) is 10.0 Å². The van der Waals surface area contributed by atoms with E-state index in [0.29, 0.717) is 31.7 Å². The Hall–Kier alpha value is -1.80. The molecule has 8 heteroatoms. The van der Waals surface area contributed by atoms with Crippen molar-refractivity contribution in [1.29, 1.82) is 0 Å². The average molecular weight is 437 g/mol. The summed E-state index contributed by atoms with van der Waals surface area (Å²) in [6.07, 6.45) is 8.15. The monoisotopic (exact) mass is 436 g/mol. The van der Waals surface area contributed by atoms with E-state index in [4.69, 9.17) is 4.74 Å². The Bertz CT molecular complexity index is 827. The molecule has 1 aliphatic heterocycles. The molecule has 2 fully saturated rings. The van der Waals surface area contributed by atoms with Crippen LogP contribution in [0.5, 0.6) is 5.75 Å². The standard InChI is InChI=1S/C22H36N4O3S/c1-17-8-9-19(21(14-17)29-20-6-4-5-7-20)16-25-22(23-2)24-15-18-10-12-26(13-11-18)30(3,27)28/h8-9,14,18,20H,4-7,10-13,15-16H2,1-3H3,(H2,23,24,25). The zero-order valence-corrected chi connectivity index (χ0v) is 19.3. The maximum Gasteiger partial charge on any atom is 0.211 e. The van der Waals surface area contributed by atoms with Gasteiger partial charge in [-0.3, -0.25) is 4.99 Å². The van der Waals surface area contributed by atoms with Crippen molar-refractivity contribution in [3.8, 4) is 5.75 Å². The third kappa shape index (κ3) is 6.60. The lowest BCUT2D eigenvalue weighted by Crippen LogP contribution is -2.43. The highest BCUT2D eigenvalue weighted by Crippen LogP contribution is 2.27. The summed E-state index contributed by atoms with van der Waals surface area (Å²) in [5.41, 5.74) is 2.34. The summed E-state index contributed by atoms with van der Waals surface area (Å²) in [6.45, 7) is 4.73. The summed E-state index contributed by atoms with van der Waals surface area (Å²) in [7, 11) is -1.31. The Morgan fingerprint density at radius 2 is 1.87 bits per heavy atom. The smallest absolute Gasteiger partial charge is 0.211 e. The molecule has 0 aromatic heterocycles. The number of ether oxygens (including phenoxy) is 1. The first-order chi connectivity index (χ1) is 14.3. The van der Waals surface area contributed by atoms with Crippen LogP contribution in [0.25, 0.3) is 0 Å². The van der Waals surface area contributed by atoms with E-state index in [2.05, 4.69) is 40.7 Å². The Morgan fingerprint density at radius 3 is 2.50 bits per heavy atom. The number of nitrogens with one attached hydrogen (secondary N) is 2. The molecule has 30 heavy (non-hydrogen) atoms. The van der Waals surface area contributed by atoms with E-state index in [0.717, 1.165) is 49.5 Å². The fraction of sp³-hybridized carbons (Fsp3) is 0.682. The minimum atomic E-state index is -3.08. The molecule has 168 valence electrons. The van der Waals surface area contributed by atoms with Crippen LogP contribution in [0.1, 0.15) is 49.7 Å². The van der Waals surface area contributed by atoms with E-state index >= 15 is 0 Å². The predicted octanol–water partition coefficient (Wildman–Crippen LogP) is 2.65. The van der Waals surface area contributed by atoms with Crippen molar-refractivity contribution in [2.45, 2.75) is 58.1 Å². The molecule has 0 atom stereocenters. The van der Waals surface area contributed by atoms with Gasteiger partial charge in [-0.05, 0) is 63.0 Å². The molecule has 1 saturated carbocycles. The predicted molar refractivity (Wildman–Crippen MR) is 121 cm³/mol. The molecule has 2 N–H and O–H groups in total. The zero-order valence-electron chi connectivity index (χ0n) is 18.5. The summed E-state index contributed by atoms with van der Waals surface area (Å²) in [6, 6.07) is 6.37. The van der Waals surface area contributed by atoms with E-state index in [1.54, 1.807) is 11.4 Å². The van der Waals surface area contributed by atoms with Gasteiger partial charge < -0.3 is 15.4 Å². The molecular formula is C22H36N4O3S. The third-order valence-corrected chi connectivity index (χ3v) is 7.39. The molecule has 0 unspecified atom stereocenters. The molecule has 2 aliphatic rings. The average Bonchev–Trinajstić information content (AvgIpc) is 3.22. The van der Waals surface area contributed by atoms with E-state index in [1.807, 2.05) is 0 Å². The molecule has 7 nitrogen and oxygen atoms in total. The molecule has 1 aromatic rings. The first-order valence-electron chi connectivity index (χ1n) is 11.0. The van der Waals surface area contributed by atoms with Gasteiger partial charge >= 0.3 is 0 Å². The highest BCUT2D eigenvalue weighted by molar-refractivity contribution is 7.88. The van der Waals surface area contributed by atoms with Crippen molar-refractivity contribution in [2.24, 2.45) is 10.9 Å². The second kappa shape index (κ2) is 10.5. The number of aliphatic imine (C=N–C) groups is 1. The van der Waals surface area contributed by atoms with Crippen LogP contribution in [0, 0.1) is 12.8 Å². The fourth-order valence-corrected chi connectivity index (χ4v) is 5.06. The second-order valence-corrected chi connectivity index (χ2v) is 10.5. The third-order valence-electron chi connectivity index (χ3n) is 6.09. The van der Waals surface area contributed by atoms with E-state index in [-0.39, 0.29) is 0 Å². The molecule has 1 aliphatic carbocycles. The molecule has 0 radical (unpaired) electrons. The van der Waals surface area contributed by atoms with E-state index in [9.17, 15) is 8.42 Å². The first-order valence-corrected chi connectivity index (χ1v) is 12.9. The van der Waals surface area contributed by atoms with Crippen LogP contribution in [0.15, 0.2) is 23.2 Å². The highest BCUT2D eigenvalue weighted by Gasteiger charge is 2.25. The van der Waals surface area contributed by atoms with Crippen LogP contribution < -0.4 is 15.4 Å². The van der Waals surface area contributed by atoms with Crippen LogP contribution in [-0.4, -0.2) is 57.7 Å². The minimum absolute atomic E-state index is 0.334. The van der Waals surface area contributed by atoms with Crippen molar-refractivity contribution in [3.05, 3.63) is 29.3 Å². The van der Waals surface area contributed by atoms with Gasteiger partial charge in [-0.25, -0.2) is 12.7 Å². The van der Waals surface area contributed by atoms with Gasteiger partial charge in [0.25, 0.3) is 0 Å². The molecule has 1 saturated heterocycles. The molecule has 0 amide bonds. The number of hydrogen-bond donors (Lipinski definition) is 2. The van der Waals surface area contributed by atoms with Crippen LogP contribution in [0.4, 0.5) is 0 Å². The number of benzene rings is 1. The van der Waals surface area contributed by atoms with Crippen LogP contribution >= 0.6 is 0 Å². The fourth-order valence-electron chi connectivity index (χ4n) is 4.19. The van der Waals surface area contributed by atoms with Crippen molar-refractivity contribution in [1.82, 2.24) is 14.9 Å². The van der Waals surface area contributed by atoms with Gasteiger partial charge in [0.1, 0.15) is 5.75 Å². The lowest BCUT2D eigenvalue weighted by atomic mass is 9.98.